The molecule has 0 spiro atoms. The fraction of sp³-hybridized carbons (Fsp3) is 0.611. The molecule has 1 heteroatoms. The first-order valence-electron chi connectivity index (χ1n) is 7.48. The SMILES string of the molecule is CC(C)c1cc(C(C)C)c(CCC=O)c(C(C)C)c1. The number of hydrogen-bond donors (Lipinski definition) is 0. The molecule has 0 bridgehead atoms. The Balaban J connectivity index is 3.41. The summed E-state index contributed by atoms with van der Waals surface area (Å²) < 4.78 is 0. The number of aldehydes is 1. The van der Waals surface area contributed by atoms with Crippen molar-refractivity contribution < 1.29 is 4.79 Å². The first kappa shape index (κ1) is 15.9. The van der Waals surface area contributed by atoms with E-state index in [4.69, 9.17) is 0 Å². The molecule has 19 heavy (non-hydrogen) atoms. The van der Waals surface area contributed by atoms with E-state index >= 15 is 0 Å². The lowest BCUT2D eigenvalue weighted by Gasteiger charge is -2.22. The van der Waals surface area contributed by atoms with Gasteiger partial charge in [-0.05, 0) is 46.4 Å². The molecule has 1 aromatic carbocycles. The van der Waals surface area contributed by atoms with E-state index in [1.54, 1.807) is 0 Å². The largest absolute Gasteiger partial charge is 0.303 e. The molecule has 1 nitrogen and oxygen atoms in total. The fourth-order valence-corrected chi connectivity index (χ4v) is 2.60. The quantitative estimate of drug-likeness (QED) is 0.643. The van der Waals surface area contributed by atoms with Crippen LogP contribution in [0.1, 0.15) is 88.0 Å². The van der Waals surface area contributed by atoms with Crippen molar-refractivity contribution in [3.05, 3.63) is 34.4 Å². The highest BCUT2D eigenvalue weighted by atomic mass is 16.1. The van der Waals surface area contributed by atoms with E-state index in [-0.39, 0.29) is 0 Å². The molecular weight excluding hydrogens is 232 g/mol. The zero-order valence-corrected chi connectivity index (χ0v) is 13.3. The van der Waals surface area contributed by atoms with E-state index in [9.17, 15) is 4.79 Å². The van der Waals surface area contributed by atoms with Crippen LogP contribution in [0.4, 0.5) is 0 Å². The molecule has 0 aliphatic heterocycles. The topological polar surface area (TPSA) is 17.1 Å². The lowest BCUT2D eigenvalue weighted by Crippen LogP contribution is -2.07. The highest BCUT2D eigenvalue weighted by Gasteiger charge is 2.16. The number of carbonyl (C=O) groups is 1. The van der Waals surface area contributed by atoms with Crippen LogP contribution in [0.25, 0.3) is 0 Å². The molecule has 1 aromatic rings. The smallest absolute Gasteiger partial charge is 0.120 e. The van der Waals surface area contributed by atoms with Gasteiger partial charge < -0.3 is 4.79 Å². The van der Waals surface area contributed by atoms with E-state index in [2.05, 4.69) is 53.7 Å². The monoisotopic (exact) mass is 260 g/mol. The molecule has 0 amide bonds. The second-order valence-electron chi connectivity index (χ2n) is 6.35. The minimum atomic E-state index is 0.512. The predicted molar refractivity (Wildman–Crippen MR) is 83.1 cm³/mol. The normalized spacial score (nSPS) is 11.6. The molecule has 0 fully saturated rings. The van der Waals surface area contributed by atoms with Gasteiger partial charge in [0.1, 0.15) is 6.29 Å². The van der Waals surface area contributed by atoms with Gasteiger partial charge in [-0.3, -0.25) is 0 Å². The maximum atomic E-state index is 10.7. The second-order valence-corrected chi connectivity index (χ2v) is 6.35. The third-order valence-corrected chi connectivity index (χ3v) is 3.76. The molecule has 0 N–H and O–H groups in total. The van der Waals surface area contributed by atoms with Gasteiger partial charge in [0.15, 0.2) is 0 Å². The first-order valence-corrected chi connectivity index (χ1v) is 7.48. The lowest BCUT2D eigenvalue weighted by atomic mass is 9.83. The minimum Gasteiger partial charge on any atom is -0.303 e. The molecular formula is C18H28O. The number of carbonyl (C=O) groups excluding carboxylic acids is 1. The van der Waals surface area contributed by atoms with Crippen LogP contribution in [0.5, 0.6) is 0 Å². The predicted octanol–water partition coefficient (Wildman–Crippen LogP) is 5.19. The van der Waals surface area contributed by atoms with Gasteiger partial charge in [-0.25, -0.2) is 0 Å². The molecule has 0 aromatic heterocycles. The third kappa shape index (κ3) is 3.92. The van der Waals surface area contributed by atoms with Crippen molar-refractivity contribution in [2.75, 3.05) is 0 Å². The van der Waals surface area contributed by atoms with E-state index in [1.165, 1.54) is 22.3 Å². The Hall–Kier alpha value is -1.11. The summed E-state index contributed by atoms with van der Waals surface area (Å²) >= 11 is 0. The molecule has 0 aliphatic carbocycles. The number of rotatable bonds is 6. The van der Waals surface area contributed by atoms with Crippen LogP contribution >= 0.6 is 0 Å². The summed E-state index contributed by atoms with van der Waals surface area (Å²) in [7, 11) is 0. The highest BCUT2D eigenvalue weighted by Crippen LogP contribution is 2.32. The van der Waals surface area contributed by atoms with Crippen LogP contribution in [-0.4, -0.2) is 6.29 Å². The maximum Gasteiger partial charge on any atom is 0.120 e. The Kier molecular flexibility index (Phi) is 5.78. The Morgan fingerprint density at radius 1 is 0.895 bits per heavy atom. The van der Waals surface area contributed by atoms with Crippen molar-refractivity contribution >= 4 is 6.29 Å². The van der Waals surface area contributed by atoms with Gasteiger partial charge in [-0.1, -0.05) is 53.7 Å². The van der Waals surface area contributed by atoms with Gasteiger partial charge in [0.05, 0.1) is 0 Å². The Bertz CT molecular complexity index is 398. The van der Waals surface area contributed by atoms with Crippen LogP contribution < -0.4 is 0 Å². The summed E-state index contributed by atoms with van der Waals surface area (Å²) in [6.45, 7) is 13.5. The molecule has 0 heterocycles. The number of benzene rings is 1. The van der Waals surface area contributed by atoms with Crippen molar-refractivity contribution in [1.29, 1.82) is 0 Å². The van der Waals surface area contributed by atoms with E-state index < -0.39 is 0 Å². The lowest BCUT2D eigenvalue weighted by molar-refractivity contribution is -0.107. The zero-order chi connectivity index (χ0) is 14.6. The summed E-state index contributed by atoms with van der Waals surface area (Å²) in [5.41, 5.74) is 5.68. The molecule has 0 atom stereocenters. The van der Waals surface area contributed by atoms with E-state index in [1.807, 2.05) is 0 Å². The molecule has 0 aliphatic rings. The standard InChI is InChI=1S/C18H28O/c1-12(2)15-10-17(13(3)4)16(8-7-9-19)18(11-15)14(5)6/h9-14H,7-8H2,1-6H3. The Morgan fingerprint density at radius 2 is 1.37 bits per heavy atom. The average molecular weight is 260 g/mol. The average Bonchev–Trinajstić information content (AvgIpc) is 2.34. The Morgan fingerprint density at radius 3 is 1.68 bits per heavy atom. The summed E-state index contributed by atoms with van der Waals surface area (Å²) in [4.78, 5) is 10.7. The summed E-state index contributed by atoms with van der Waals surface area (Å²) in [5, 5.41) is 0. The van der Waals surface area contributed by atoms with Crippen LogP contribution in [0.15, 0.2) is 12.1 Å². The maximum absolute atomic E-state index is 10.7. The minimum absolute atomic E-state index is 0.512. The van der Waals surface area contributed by atoms with Gasteiger partial charge in [-0.2, -0.15) is 0 Å². The van der Waals surface area contributed by atoms with Gasteiger partial charge in [0, 0.05) is 6.42 Å². The Labute approximate surface area is 118 Å². The second kappa shape index (κ2) is 6.88. The van der Waals surface area contributed by atoms with Gasteiger partial charge in [-0.15, -0.1) is 0 Å². The fourth-order valence-electron chi connectivity index (χ4n) is 2.60. The molecule has 0 saturated carbocycles. The zero-order valence-electron chi connectivity index (χ0n) is 13.3. The van der Waals surface area contributed by atoms with Crippen molar-refractivity contribution in [3.63, 3.8) is 0 Å². The molecule has 106 valence electrons. The molecule has 0 radical (unpaired) electrons. The molecule has 0 saturated heterocycles. The molecule has 1 rings (SSSR count). The van der Waals surface area contributed by atoms with Crippen LogP contribution in [0.2, 0.25) is 0 Å². The van der Waals surface area contributed by atoms with Gasteiger partial charge in [0.25, 0.3) is 0 Å². The first-order chi connectivity index (χ1) is 8.88. The van der Waals surface area contributed by atoms with Crippen LogP contribution in [0, 0.1) is 0 Å². The summed E-state index contributed by atoms with van der Waals surface area (Å²) in [6, 6.07) is 4.70. The third-order valence-electron chi connectivity index (χ3n) is 3.76. The van der Waals surface area contributed by atoms with E-state index in [0.29, 0.717) is 24.2 Å². The number of hydrogen-bond acceptors (Lipinski definition) is 1. The highest BCUT2D eigenvalue weighted by molar-refractivity contribution is 5.52. The van der Waals surface area contributed by atoms with Gasteiger partial charge in [0.2, 0.25) is 0 Å². The van der Waals surface area contributed by atoms with Crippen LogP contribution in [0.3, 0.4) is 0 Å². The van der Waals surface area contributed by atoms with E-state index in [0.717, 1.165) is 12.7 Å². The summed E-state index contributed by atoms with van der Waals surface area (Å²) in [6.07, 6.45) is 2.54. The van der Waals surface area contributed by atoms with Crippen LogP contribution in [-0.2, 0) is 11.2 Å². The van der Waals surface area contributed by atoms with Gasteiger partial charge >= 0.3 is 0 Å². The summed E-state index contributed by atoms with van der Waals surface area (Å²) in [5.74, 6) is 1.57. The van der Waals surface area contributed by atoms with Crippen molar-refractivity contribution in [2.45, 2.75) is 72.1 Å². The van der Waals surface area contributed by atoms with Crippen molar-refractivity contribution in [2.24, 2.45) is 0 Å². The van der Waals surface area contributed by atoms with Crippen molar-refractivity contribution in [3.8, 4) is 0 Å². The van der Waals surface area contributed by atoms with Crippen molar-refractivity contribution in [1.82, 2.24) is 0 Å². The molecule has 0 unspecified atom stereocenters.